The van der Waals surface area contributed by atoms with Gasteiger partial charge in [-0.2, -0.15) is 0 Å². The number of nitrogens with zero attached hydrogens (tertiary/aromatic N) is 4. The van der Waals surface area contributed by atoms with Gasteiger partial charge in [-0.15, -0.1) is 0 Å². The predicted molar refractivity (Wildman–Crippen MR) is 137 cm³/mol. The molecule has 1 heterocycles. The molecule has 5 rings (SSSR count). The number of benzene rings is 4. The molecule has 0 bridgehead atoms. The van der Waals surface area contributed by atoms with E-state index in [0.29, 0.717) is 23.6 Å². The molecule has 0 unspecified atom stereocenters. The quantitative estimate of drug-likeness (QED) is 0.200. The zero-order valence-electron chi connectivity index (χ0n) is 18.6. The Bertz CT molecular complexity index is 1440. The first-order valence-electron chi connectivity index (χ1n) is 11.0. The monoisotopic (exact) mass is 460 g/mol. The molecule has 4 aromatic rings. The van der Waals surface area contributed by atoms with Crippen LogP contribution in [0.15, 0.2) is 113 Å². The summed E-state index contributed by atoms with van der Waals surface area (Å²) in [7, 11) is 0. The summed E-state index contributed by atoms with van der Waals surface area (Å²) in [5, 5.41) is 10.8. The molecular weight excluding hydrogens is 440 g/mol. The zero-order valence-corrected chi connectivity index (χ0v) is 18.6. The number of nitro groups is 1. The Morgan fingerprint density at radius 2 is 1.46 bits per heavy atom. The lowest BCUT2D eigenvalue weighted by molar-refractivity contribution is -0.384. The third-order valence-corrected chi connectivity index (χ3v) is 5.64. The van der Waals surface area contributed by atoms with Crippen molar-refractivity contribution in [2.45, 2.75) is 6.54 Å². The number of hydrogen-bond donors (Lipinski definition) is 0. The van der Waals surface area contributed by atoms with Crippen molar-refractivity contribution in [2.75, 3.05) is 4.90 Å². The van der Waals surface area contributed by atoms with Gasteiger partial charge in [0.25, 0.3) is 11.6 Å². The van der Waals surface area contributed by atoms with Gasteiger partial charge in [0, 0.05) is 23.9 Å². The molecule has 0 saturated carbocycles. The van der Waals surface area contributed by atoms with Crippen molar-refractivity contribution in [1.29, 1.82) is 0 Å². The Hall–Kier alpha value is -4.91. The molecular formula is C28H20N4O3. The van der Waals surface area contributed by atoms with Crippen LogP contribution in [0.4, 0.5) is 22.7 Å². The molecule has 35 heavy (non-hydrogen) atoms. The van der Waals surface area contributed by atoms with E-state index in [9.17, 15) is 14.9 Å². The third kappa shape index (κ3) is 4.74. The number of anilines is 1. The van der Waals surface area contributed by atoms with Crippen LogP contribution in [0, 0.1) is 10.1 Å². The molecule has 0 spiro atoms. The largest absolute Gasteiger partial charge is 0.302 e. The van der Waals surface area contributed by atoms with E-state index in [1.54, 1.807) is 23.2 Å². The summed E-state index contributed by atoms with van der Waals surface area (Å²) < 4.78 is 0. The summed E-state index contributed by atoms with van der Waals surface area (Å²) in [4.78, 5) is 34.5. The molecule has 7 nitrogen and oxygen atoms in total. The second-order valence-electron chi connectivity index (χ2n) is 7.98. The molecule has 1 amide bonds. The fourth-order valence-corrected chi connectivity index (χ4v) is 3.87. The highest BCUT2D eigenvalue weighted by Gasteiger charge is 2.33. The Morgan fingerprint density at radius 1 is 0.800 bits per heavy atom. The van der Waals surface area contributed by atoms with Crippen molar-refractivity contribution in [3.8, 4) is 0 Å². The Balaban J connectivity index is 1.36. The smallest absolute Gasteiger partial charge is 0.277 e. The van der Waals surface area contributed by atoms with Gasteiger partial charge in [-0.25, -0.2) is 4.99 Å². The van der Waals surface area contributed by atoms with Crippen LogP contribution in [-0.4, -0.2) is 22.8 Å². The molecule has 1 aliphatic heterocycles. The van der Waals surface area contributed by atoms with Crippen molar-refractivity contribution in [1.82, 2.24) is 0 Å². The molecule has 0 aliphatic carbocycles. The van der Waals surface area contributed by atoms with Crippen LogP contribution in [0.3, 0.4) is 0 Å². The van der Waals surface area contributed by atoms with Crippen molar-refractivity contribution >= 4 is 40.6 Å². The summed E-state index contributed by atoms with van der Waals surface area (Å²) in [6.45, 7) is 0.478. The number of rotatable bonds is 6. The number of nitro benzene ring substituents is 1. The Morgan fingerprint density at radius 3 is 2.17 bits per heavy atom. The average molecular weight is 460 g/mol. The van der Waals surface area contributed by atoms with Crippen molar-refractivity contribution in [3.63, 3.8) is 0 Å². The van der Waals surface area contributed by atoms with E-state index in [1.165, 1.54) is 12.1 Å². The molecule has 0 atom stereocenters. The summed E-state index contributed by atoms with van der Waals surface area (Å²) in [6.07, 6.45) is 1.64. The van der Waals surface area contributed by atoms with E-state index >= 15 is 0 Å². The average Bonchev–Trinajstić information content (AvgIpc) is 3.15. The number of hydrogen-bond acceptors (Lipinski definition) is 5. The molecule has 1 aliphatic rings. The summed E-state index contributed by atoms with van der Waals surface area (Å²) >= 11 is 0. The number of para-hydroxylation sites is 1. The van der Waals surface area contributed by atoms with Gasteiger partial charge in [0.15, 0.2) is 0 Å². The molecule has 7 heteroatoms. The van der Waals surface area contributed by atoms with Gasteiger partial charge in [-0.1, -0.05) is 48.5 Å². The number of aliphatic imine (C=N–C) groups is 2. The molecule has 4 aromatic carbocycles. The first kappa shape index (κ1) is 21.9. The van der Waals surface area contributed by atoms with Crippen molar-refractivity contribution < 1.29 is 9.72 Å². The molecule has 0 N–H and O–H groups in total. The normalized spacial score (nSPS) is 14.0. The van der Waals surface area contributed by atoms with Gasteiger partial charge >= 0.3 is 0 Å². The van der Waals surface area contributed by atoms with Gasteiger partial charge < -0.3 is 4.90 Å². The number of fused-ring (bicyclic) bond motifs is 1. The zero-order chi connectivity index (χ0) is 24.2. The fourth-order valence-electron chi connectivity index (χ4n) is 3.87. The van der Waals surface area contributed by atoms with Crippen LogP contribution >= 0.6 is 0 Å². The highest BCUT2D eigenvalue weighted by atomic mass is 16.6. The summed E-state index contributed by atoms with van der Waals surface area (Å²) in [5.41, 5.74) is 5.28. The van der Waals surface area contributed by atoms with Gasteiger partial charge in [0.1, 0.15) is 5.71 Å². The topological polar surface area (TPSA) is 88.2 Å². The molecule has 0 saturated heterocycles. The number of carbonyl (C=O) groups excluding carboxylic acids is 1. The number of non-ortho nitro benzene ring substituents is 1. The maximum Gasteiger partial charge on any atom is 0.277 e. The van der Waals surface area contributed by atoms with Crippen LogP contribution in [0.1, 0.15) is 16.7 Å². The van der Waals surface area contributed by atoms with E-state index in [-0.39, 0.29) is 11.6 Å². The maximum atomic E-state index is 13.3. The third-order valence-electron chi connectivity index (χ3n) is 5.64. The molecule has 170 valence electrons. The molecule has 0 fully saturated rings. The van der Waals surface area contributed by atoms with Crippen LogP contribution < -0.4 is 4.90 Å². The van der Waals surface area contributed by atoms with Crippen LogP contribution in [-0.2, 0) is 11.3 Å². The highest BCUT2D eigenvalue weighted by molar-refractivity contribution is 6.54. The van der Waals surface area contributed by atoms with Crippen LogP contribution in [0.5, 0.6) is 0 Å². The lowest BCUT2D eigenvalue weighted by atomic mass is 10.1. The van der Waals surface area contributed by atoms with Crippen LogP contribution in [0.2, 0.25) is 0 Å². The lowest BCUT2D eigenvalue weighted by Crippen LogP contribution is -2.29. The first-order chi connectivity index (χ1) is 17.1. The standard InChI is InChI=1S/C28H20N4O3/c33-28-27(25-8-4-5-9-26(25)31(28)19-21-6-2-1-3-7-21)30-23-14-12-22(13-15-23)29-18-20-10-16-24(17-11-20)32(34)35/h1-18H,19H2. The second-order valence-corrected chi connectivity index (χ2v) is 7.98. The van der Waals surface area contributed by atoms with E-state index in [1.807, 2.05) is 78.9 Å². The fraction of sp³-hybridized carbons (Fsp3) is 0.0357. The van der Waals surface area contributed by atoms with E-state index in [0.717, 1.165) is 22.4 Å². The second kappa shape index (κ2) is 9.52. The number of carbonyl (C=O) groups is 1. The minimum Gasteiger partial charge on any atom is -0.302 e. The SMILES string of the molecule is O=C1C(=Nc2ccc(N=Cc3ccc([N+](=O)[O-])cc3)cc2)c2ccccc2N1Cc1ccccc1. The Kier molecular flexibility index (Phi) is 5.96. The summed E-state index contributed by atoms with van der Waals surface area (Å²) in [5.74, 6) is -0.129. The first-order valence-corrected chi connectivity index (χ1v) is 11.0. The van der Waals surface area contributed by atoms with Gasteiger partial charge in [-0.05, 0) is 53.6 Å². The van der Waals surface area contributed by atoms with E-state index in [2.05, 4.69) is 9.98 Å². The van der Waals surface area contributed by atoms with E-state index in [4.69, 9.17) is 0 Å². The summed E-state index contributed by atoms with van der Waals surface area (Å²) in [6, 6.07) is 31.0. The molecule has 0 radical (unpaired) electrons. The predicted octanol–water partition coefficient (Wildman–Crippen LogP) is 6.01. The minimum absolute atomic E-state index is 0.0379. The van der Waals surface area contributed by atoms with Gasteiger partial charge in [-0.3, -0.25) is 19.9 Å². The highest BCUT2D eigenvalue weighted by Crippen LogP contribution is 2.32. The number of amides is 1. The lowest BCUT2D eigenvalue weighted by Gasteiger charge is -2.16. The Labute approximate surface area is 201 Å². The minimum atomic E-state index is -0.435. The van der Waals surface area contributed by atoms with Crippen LogP contribution in [0.25, 0.3) is 0 Å². The van der Waals surface area contributed by atoms with E-state index < -0.39 is 4.92 Å². The van der Waals surface area contributed by atoms with Gasteiger partial charge in [0.05, 0.1) is 28.5 Å². The maximum absolute atomic E-state index is 13.3. The van der Waals surface area contributed by atoms with Gasteiger partial charge in [0.2, 0.25) is 0 Å². The molecule has 0 aromatic heterocycles. The van der Waals surface area contributed by atoms with Crippen molar-refractivity contribution in [3.05, 3.63) is 130 Å². The van der Waals surface area contributed by atoms with Crippen molar-refractivity contribution in [2.24, 2.45) is 9.98 Å².